The summed E-state index contributed by atoms with van der Waals surface area (Å²) in [6, 6.07) is 18.9. The second kappa shape index (κ2) is 13.6. The van der Waals surface area contributed by atoms with Crippen LogP contribution in [0.3, 0.4) is 0 Å². The fraction of sp³-hybridized carbons (Fsp3) is 0.357. The van der Waals surface area contributed by atoms with Crippen molar-refractivity contribution < 1.29 is 9.72 Å². The molecule has 0 saturated heterocycles. The van der Waals surface area contributed by atoms with Crippen LogP contribution in [0.15, 0.2) is 76.7 Å². The van der Waals surface area contributed by atoms with Crippen molar-refractivity contribution in [1.29, 1.82) is 0 Å². The molecule has 7 heteroatoms. The number of aryl methyl sites for hydroxylation is 1. The summed E-state index contributed by atoms with van der Waals surface area (Å²) in [5.41, 5.74) is 2.92. The maximum Gasteiger partial charge on any atom is 0.269 e. The molecule has 35 heavy (non-hydrogen) atoms. The lowest BCUT2D eigenvalue weighted by Crippen LogP contribution is -2.32. The summed E-state index contributed by atoms with van der Waals surface area (Å²) in [6.45, 7) is 5.03. The molecular weight excluding hydrogens is 458 g/mol. The molecule has 184 valence electrons. The number of pyridine rings is 1. The second-order valence-electron chi connectivity index (χ2n) is 8.66. The number of hydrogen-bond donors (Lipinski definition) is 0. The van der Waals surface area contributed by atoms with Crippen LogP contribution in [0.1, 0.15) is 55.8 Å². The summed E-state index contributed by atoms with van der Waals surface area (Å²) < 4.78 is 0. The van der Waals surface area contributed by atoms with Gasteiger partial charge in [0, 0.05) is 59.7 Å². The molecule has 1 aromatic heterocycles. The highest BCUT2D eigenvalue weighted by Gasteiger charge is 2.19. The van der Waals surface area contributed by atoms with Gasteiger partial charge in [-0.25, -0.2) is 0 Å². The predicted molar refractivity (Wildman–Crippen MR) is 141 cm³/mol. The molecule has 0 bridgehead atoms. The van der Waals surface area contributed by atoms with E-state index in [1.54, 1.807) is 30.1 Å². The normalized spacial score (nSPS) is 10.8. The smallest absolute Gasteiger partial charge is 0.269 e. The third-order valence-electron chi connectivity index (χ3n) is 5.83. The van der Waals surface area contributed by atoms with Crippen molar-refractivity contribution in [3.8, 4) is 0 Å². The highest BCUT2D eigenvalue weighted by Crippen LogP contribution is 2.33. The van der Waals surface area contributed by atoms with Crippen molar-refractivity contribution in [2.75, 3.05) is 6.54 Å². The standard InChI is InChI=1S/C28H33N3O3S/c1-3-4-5-6-10-28(32)30(19-17-24-9-7-8-18-29-24)21-23-20-25(31(33)34)13-16-27(23)35-26-14-11-22(2)12-15-26/h7-9,11-16,18,20H,3-6,10,17,19,21H2,1-2H3. The number of rotatable bonds is 13. The van der Waals surface area contributed by atoms with E-state index in [0.717, 1.165) is 46.7 Å². The van der Waals surface area contributed by atoms with Gasteiger partial charge in [-0.3, -0.25) is 19.9 Å². The van der Waals surface area contributed by atoms with Gasteiger partial charge in [0.1, 0.15) is 0 Å². The van der Waals surface area contributed by atoms with Crippen molar-refractivity contribution >= 4 is 23.4 Å². The molecule has 0 spiro atoms. The molecule has 0 aliphatic heterocycles. The second-order valence-corrected chi connectivity index (χ2v) is 9.78. The molecular formula is C28H33N3O3S. The van der Waals surface area contributed by atoms with Gasteiger partial charge in [0.15, 0.2) is 0 Å². The Kier molecular flexibility index (Phi) is 10.3. The van der Waals surface area contributed by atoms with E-state index in [2.05, 4.69) is 11.9 Å². The number of carbonyl (C=O) groups excluding carboxylic acids is 1. The van der Waals surface area contributed by atoms with E-state index in [4.69, 9.17) is 0 Å². The molecule has 0 N–H and O–H groups in total. The third kappa shape index (κ3) is 8.51. The van der Waals surface area contributed by atoms with Gasteiger partial charge in [0.2, 0.25) is 5.91 Å². The Morgan fingerprint density at radius 2 is 1.86 bits per heavy atom. The Morgan fingerprint density at radius 1 is 1.06 bits per heavy atom. The largest absolute Gasteiger partial charge is 0.338 e. The fourth-order valence-corrected chi connectivity index (χ4v) is 4.71. The molecule has 0 atom stereocenters. The highest BCUT2D eigenvalue weighted by molar-refractivity contribution is 7.99. The number of benzene rings is 2. The van der Waals surface area contributed by atoms with Crippen molar-refractivity contribution in [3.05, 3.63) is 93.8 Å². The number of hydrogen-bond acceptors (Lipinski definition) is 5. The van der Waals surface area contributed by atoms with Gasteiger partial charge in [-0.05, 0) is 49.2 Å². The van der Waals surface area contributed by atoms with Gasteiger partial charge in [-0.1, -0.05) is 61.7 Å². The number of non-ortho nitro benzene ring substituents is 1. The van der Waals surface area contributed by atoms with Crippen LogP contribution in [0, 0.1) is 17.0 Å². The van der Waals surface area contributed by atoms with Gasteiger partial charge in [0.05, 0.1) is 4.92 Å². The van der Waals surface area contributed by atoms with E-state index in [-0.39, 0.29) is 16.5 Å². The van der Waals surface area contributed by atoms with Gasteiger partial charge >= 0.3 is 0 Å². The van der Waals surface area contributed by atoms with Gasteiger partial charge in [-0.15, -0.1) is 0 Å². The van der Waals surface area contributed by atoms with Crippen LogP contribution in [-0.2, 0) is 17.8 Å². The Labute approximate surface area is 211 Å². The molecule has 0 fully saturated rings. The van der Waals surface area contributed by atoms with Gasteiger partial charge < -0.3 is 4.90 Å². The predicted octanol–water partition coefficient (Wildman–Crippen LogP) is 6.99. The molecule has 3 aromatic rings. The summed E-state index contributed by atoms with van der Waals surface area (Å²) in [7, 11) is 0. The number of carbonyl (C=O) groups is 1. The van der Waals surface area contributed by atoms with Crippen LogP contribution in [0.25, 0.3) is 0 Å². The van der Waals surface area contributed by atoms with E-state index in [1.165, 1.54) is 11.6 Å². The zero-order chi connectivity index (χ0) is 25.0. The van der Waals surface area contributed by atoms with Crippen molar-refractivity contribution in [2.24, 2.45) is 0 Å². The van der Waals surface area contributed by atoms with Crippen LogP contribution < -0.4 is 0 Å². The lowest BCUT2D eigenvalue weighted by molar-refractivity contribution is -0.385. The lowest BCUT2D eigenvalue weighted by Gasteiger charge is -2.24. The average Bonchev–Trinajstić information content (AvgIpc) is 2.87. The number of aromatic nitrogens is 1. The summed E-state index contributed by atoms with van der Waals surface area (Å²) >= 11 is 1.56. The van der Waals surface area contributed by atoms with Crippen molar-refractivity contribution in [1.82, 2.24) is 9.88 Å². The quantitative estimate of drug-likeness (QED) is 0.146. The molecule has 0 radical (unpaired) electrons. The van der Waals surface area contributed by atoms with Gasteiger partial charge in [0.25, 0.3) is 5.69 Å². The molecule has 2 aromatic carbocycles. The molecule has 0 aliphatic rings. The molecule has 3 rings (SSSR count). The molecule has 0 saturated carbocycles. The maximum atomic E-state index is 13.2. The fourth-order valence-electron chi connectivity index (χ4n) is 3.79. The zero-order valence-electron chi connectivity index (χ0n) is 20.5. The monoisotopic (exact) mass is 491 g/mol. The highest BCUT2D eigenvalue weighted by atomic mass is 32.2. The minimum absolute atomic E-state index is 0.0355. The van der Waals surface area contributed by atoms with E-state index in [9.17, 15) is 14.9 Å². The SMILES string of the molecule is CCCCCCC(=O)N(CCc1ccccn1)Cc1cc([N+](=O)[O-])ccc1Sc1ccc(C)cc1. The Hall–Kier alpha value is -3.19. The molecule has 1 amide bonds. The number of nitrogens with zero attached hydrogens (tertiary/aromatic N) is 3. The molecule has 1 heterocycles. The average molecular weight is 492 g/mol. The first-order valence-electron chi connectivity index (χ1n) is 12.2. The Morgan fingerprint density at radius 3 is 2.54 bits per heavy atom. The van der Waals surface area contributed by atoms with Crippen LogP contribution >= 0.6 is 11.8 Å². The Balaban J connectivity index is 1.84. The summed E-state index contributed by atoms with van der Waals surface area (Å²) in [6.07, 6.45) is 6.99. The molecule has 0 unspecified atom stereocenters. The Bertz CT molecular complexity index is 1100. The summed E-state index contributed by atoms with van der Waals surface area (Å²) in [4.78, 5) is 32.5. The minimum Gasteiger partial charge on any atom is -0.338 e. The zero-order valence-corrected chi connectivity index (χ0v) is 21.3. The van der Waals surface area contributed by atoms with Crippen LogP contribution in [0.2, 0.25) is 0 Å². The van der Waals surface area contributed by atoms with E-state index >= 15 is 0 Å². The van der Waals surface area contributed by atoms with E-state index < -0.39 is 0 Å². The number of nitro benzene ring substituents is 1. The van der Waals surface area contributed by atoms with Crippen LogP contribution in [-0.4, -0.2) is 27.3 Å². The first-order valence-corrected chi connectivity index (χ1v) is 13.0. The van der Waals surface area contributed by atoms with Crippen molar-refractivity contribution in [3.63, 3.8) is 0 Å². The number of nitro groups is 1. The first kappa shape index (κ1) is 26.4. The van der Waals surface area contributed by atoms with E-state index in [1.807, 2.05) is 54.3 Å². The number of unbranched alkanes of at least 4 members (excludes halogenated alkanes) is 3. The lowest BCUT2D eigenvalue weighted by atomic mass is 10.1. The van der Waals surface area contributed by atoms with Crippen LogP contribution in [0.5, 0.6) is 0 Å². The van der Waals surface area contributed by atoms with E-state index in [0.29, 0.717) is 25.9 Å². The first-order chi connectivity index (χ1) is 17.0. The topological polar surface area (TPSA) is 76.3 Å². The van der Waals surface area contributed by atoms with Crippen molar-refractivity contribution in [2.45, 2.75) is 68.7 Å². The summed E-state index contributed by atoms with van der Waals surface area (Å²) in [5.74, 6) is 0.0785. The minimum atomic E-state index is -0.380. The van der Waals surface area contributed by atoms with Gasteiger partial charge in [-0.2, -0.15) is 0 Å². The maximum absolute atomic E-state index is 13.2. The molecule has 6 nitrogen and oxygen atoms in total. The summed E-state index contributed by atoms with van der Waals surface area (Å²) in [5, 5.41) is 11.5. The third-order valence-corrected chi connectivity index (χ3v) is 6.95. The van der Waals surface area contributed by atoms with Crippen LogP contribution in [0.4, 0.5) is 5.69 Å². The molecule has 0 aliphatic carbocycles. The number of amides is 1.